The second-order valence-electron chi connectivity index (χ2n) is 5.43. The Bertz CT molecular complexity index is 608. The van der Waals surface area contributed by atoms with Gasteiger partial charge in [-0.05, 0) is 36.2 Å². The highest BCUT2D eigenvalue weighted by Crippen LogP contribution is 2.11. The van der Waals surface area contributed by atoms with Gasteiger partial charge in [0, 0.05) is 37.2 Å². The van der Waals surface area contributed by atoms with Gasteiger partial charge in [0.1, 0.15) is 0 Å². The SMILES string of the molecule is NC1CNC(C(=O)NCc2cccc(-n3cccc3)c2)C1. The van der Waals surface area contributed by atoms with Crippen molar-refractivity contribution in [2.24, 2.45) is 5.73 Å². The summed E-state index contributed by atoms with van der Waals surface area (Å²) in [5.74, 6) is 0.0225. The van der Waals surface area contributed by atoms with E-state index in [2.05, 4.69) is 16.7 Å². The molecule has 4 N–H and O–H groups in total. The molecule has 0 spiro atoms. The number of rotatable bonds is 4. The molecule has 2 unspecified atom stereocenters. The summed E-state index contributed by atoms with van der Waals surface area (Å²) in [4.78, 5) is 12.0. The molecule has 0 aliphatic carbocycles. The molecule has 5 nitrogen and oxygen atoms in total. The number of amides is 1. The van der Waals surface area contributed by atoms with Crippen molar-refractivity contribution in [3.05, 3.63) is 54.4 Å². The molecule has 0 radical (unpaired) electrons. The van der Waals surface area contributed by atoms with Crippen LogP contribution in [0.1, 0.15) is 12.0 Å². The minimum atomic E-state index is -0.160. The topological polar surface area (TPSA) is 72.1 Å². The molecule has 3 rings (SSSR count). The summed E-state index contributed by atoms with van der Waals surface area (Å²) in [7, 11) is 0. The van der Waals surface area contributed by atoms with Gasteiger partial charge in [-0.25, -0.2) is 0 Å². The molecule has 0 saturated carbocycles. The second-order valence-corrected chi connectivity index (χ2v) is 5.43. The van der Waals surface area contributed by atoms with Gasteiger partial charge in [0.05, 0.1) is 6.04 Å². The molecule has 1 aromatic heterocycles. The molecule has 21 heavy (non-hydrogen) atoms. The highest BCUT2D eigenvalue weighted by Gasteiger charge is 2.26. The number of carbonyl (C=O) groups is 1. The fraction of sp³-hybridized carbons (Fsp3) is 0.312. The fourth-order valence-electron chi connectivity index (χ4n) is 2.61. The monoisotopic (exact) mass is 284 g/mol. The summed E-state index contributed by atoms with van der Waals surface area (Å²) >= 11 is 0. The fourth-order valence-corrected chi connectivity index (χ4v) is 2.61. The molecule has 2 atom stereocenters. The predicted molar refractivity (Wildman–Crippen MR) is 82.0 cm³/mol. The van der Waals surface area contributed by atoms with E-state index in [0.29, 0.717) is 19.5 Å². The Kier molecular flexibility index (Phi) is 4.03. The van der Waals surface area contributed by atoms with Crippen molar-refractivity contribution >= 4 is 5.91 Å². The molecule has 1 amide bonds. The van der Waals surface area contributed by atoms with E-state index in [0.717, 1.165) is 11.3 Å². The first-order valence-corrected chi connectivity index (χ1v) is 7.21. The number of nitrogens with two attached hydrogens (primary N) is 1. The Morgan fingerprint density at radius 3 is 2.86 bits per heavy atom. The van der Waals surface area contributed by atoms with E-state index in [1.165, 1.54) is 0 Å². The Morgan fingerprint density at radius 1 is 1.33 bits per heavy atom. The van der Waals surface area contributed by atoms with E-state index in [4.69, 9.17) is 5.73 Å². The first-order chi connectivity index (χ1) is 10.2. The number of nitrogens with one attached hydrogen (secondary N) is 2. The summed E-state index contributed by atoms with van der Waals surface area (Å²) in [6.45, 7) is 1.24. The Labute approximate surface area is 124 Å². The molecule has 2 heterocycles. The van der Waals surface area contributed by atoms with E-state index in [9.17, 15) is 4.79 Å². The van der Waals surface area contributed by atoms with Gasteiger partial charge >= 0.3 is 0 Å². The lowest BCUT2D eigenvalue weighted by Gasteiger charge is -2.12. The first kappa shape index (κ1) is 13.9. The van der Waals surface area contributed by atoms with Gasteiger partial charge in [0.15, 0.2) is 0 Å². The molecule has 1 aliphatic rings. The van der Waals surface area contributed by atoms with Crippen molar-refractivity contribution in [3.8, 4) is 5.69 Å². The third kappa shape index (κ3) is 3.32. The van der Waals surface area contributed by atoms with E-state index < -0.39 is 0 Å². The molecule has 1 aromatic carbocycles. The Hall–Kier alpha value is -2.11. The molecular weight excluding hydrogens is 264 g/mol. The zero-order valence-corrected chi connectivity index (χ0v) is 11.8. The summed E-state index contributed by atoms with van der Waals surface area (Å²) in [6, 6.07) is 12.0. The van der Waals surface area contributed by atoms with Crippen molar-refractivity contribution in [2.45, 2.75) is 25.0 Å². The summed E-state index contributed by atoms with van der Waals surface area (Å²) in [5.41, 5.74) is 7.97. The molecule has 2 aromatic rings. The maximum absolute atomic E-state index is 12.0. The lowest BCUT2D eigenvalue weighted by molar-refractivity contribution is -0.122. The van der Waals surface area contributed by atoms with Crippen molar-refractivity contribution in [1.82, 2.24) is 15.2 Å². The molecule has 1 saturated heterocycles. The van der Waals surface area contributed by atoms with Crippen LogP contribution in [0.2, 0.25) is 0 Å². The van der Waals surface area contributed by atoms with Gasteiger partial charge in [0.25, 0.3) is 0 Å². The number of hydrogen-bond acceptors (Lipinski definition) is 3. The van der Waals surface area contributed by atoms with Crippen molar-refractivity contribution in [1.29, 1.82) is 0 Å². The average Bonchev–Trinajstić information content (AvgIpc) is 3.16. The highest BCUT2D eigenvalue weighted by molar-refractivity contribution is 5.82. The van der Waals surface area contributed by atoms with Crippen LogP contribution in [0.5, 0.6) is 0 Å². The van der Waals surface area contributed by atoms with Gasteiger partial charge in [-0.3, -0.25) is 4.79 Å². The van der Waals surface area contributed by atoms with Crippen LogP contribution in [0.15, 0.2) is 48.8 Å². The van der Waals surface area contributed by atoms with E-state index >= 15 is 0 Å². The zero-order chi connectivity index (χ0) is 14.7. The van der Waals surface area contributed by atoms with Crippen LogP contribution >= 0.6 is 0 Å². The number of nitrogens with zero attached hydrogens (tertiary/aromatic N) is 1. The van der Waals surface area contributed by atoms with E-state index in [1.54, 1.807) is 0 Å². The number of carbonyl (C=O) groups excluding carboxylic acids is 1. The average molecular weight is 284 g/mol. The highest BCUT2D eigenvalue weighted by atomic mass is 16.2. The lowest BCUT2D eigenvalue weighted by Crippen LogP contribution is -2.40. The van der Waals surface area contributed by atoms with Crippen LogP contribution in [0.4, 0.5) is 0 Å². The van der Waals surface area contributed by atoms with Gasteiger partial charge < -0.3 is 20.9 Å². The van der Waals surface area contributed by atoms with Crippen LogP contribution in [-0.4, -0.2) is 29.1 Å². The number of hydrogen-bond donors (Lipinski definition) is 3. The molecule has 1 fully saturated rings. The van der Waals surface area contributed by atoms with Crippen LogP contribution in [0.3, 0.4) is 0 Å². The van der Waals surface area contributed by atoms with Crippen LogP contribution in [0.25, 0.3) is 5.69 Å². The molecule has 0 bridgehead atoms. The third-order valence-corrected chi connectivity index (χ3v) is 3.76. The molecular formula is C16H20N4O. The Balaban J connectivity index is 1.60. The third-order valence-electron chi connectivity index (χ3n) is 3.76. The maximum atomic E-state index is 12.0. The van der Waals surface area contributed by atoms with Crippen LogP contribution in [-0.2, 0) is 11.3 Å². The maximum Gasteiger partial charge on any atom is 0.237 e. The van der Waals surface area contributed by atoms with E-state index in [-0.39, 0.29) is 18.0 Å². The number of benzene rings is 1. The molecule has 1 aliphatic heterocycles. The van der Waals surface area contributed by atoms with Crippen molar-refractivity contribution in [3.63, 3.8) is 0 Å². The minimum Gasteiger partial charge on any atom is -0.351 e. The second kappa shape index (κ2) is 6.11. The lowest BCUT2D eigenvalue weighted by atomic mass is 10.1. The zero-order valence-electron chi connectivity index (χ0n) is 11.8. The quantitative estimate of drug-likeness (QED) is 0.777. The van der Waals surface area contributed by atoms with E-state index in [1.807, 2.05) is 47.3 Å². The largest absolute Gasteiger partial charge is 0.351 e. The summed E-state index contributed by atoms with van der Waals surface area (Å²) in [5, 5.41) is 6.10. The van der Waals surface area contributed by atoms with Gasteiger partial charge in [-0.2, -0.15) is 0 Å². The summed E-state index contributed by atoms with van der Waals surface area (Å²) < 4.78 is 2.04. The normalized spacial score (nSPS) is 21.4. The van der Waals surface area contributed by atoms with Gasteiger partial charge in [0.2, 0.25) is 5.91 Å². The van der Waals surface area contributed by atoms with Gasteiger partial charge in [-0.1, -0.05) is 12.1 Å². The first-order valence-electron chi connectivity index (χ1n) is 7.21. The smallest absolute Gasteiger partial charge is 0.237 e. The van der Waals surface area contributed by atoms with Crippen LogP contribution in [0, 0.1) is 0 Å². The van der Waals surface area contributed by atoms with Gasteiger partial charge in [-0.15, -0.1) is 0 Å². The Morgan fingerprint density at radius 2 is 2.14 bits per heavy atom. The molecule has 5 heteroatoms. The number of aromatic nitrogens is 1. The predicted octanol–water partition coefficient (Wildman–Crippen LogP) is 0.783. The van der Waals surface area contributed by atoms with Crippen molar-refractivity contribution in [2.75, 3.05) is 6.54 Å². The molecule has 110 valence electrons. The minimum absolute atomic E-state index is 0.0225. The van der Waals surface area contributed by atoms with Crippen LogP contribution < -0.4 is 16.4 Å². The standard InChI is InChI=1S/C16H20N4O/c17-13-9-15(18-11-13)16(21)19-10-12-4-3-5-14(8-12)20-6-1-2-7-20/h1-8,13,15,18H,9-11,17H2,(H,19,21). The summed E-state index contributed by atoms with van der Waals surface area (Å²) in [6.07, 6.45) is 4.71. The van der Waals surface area contributed by atoms with Crippen molar-refractivity contribution < 1.29 is 4.79 Å².